The number of thiophene rings is 1. The van der Waals surface area contributed by atoms with Gasteiger partial charge in [0.25, 0.3) is 5.56 Å². The highest BCUT2D eigenvalue weighted by atomic mass is 32.1. The van der Waals surface area contributed by atoms with Crippen LogP contribution in [0.15, 0.2) is 17.2 Å². The second-order valence-electron chi connectivity index (χ2n) is 5.76. The molecule has 0 spiro atoms. The first-order valence-electron chi connectivity index (χ1n) is 6.59. The maximum Gasteiger partial charge on any atom is 0.262 e. The van der Waals surface area contributed by atoms with E-state index >= 15 is 0 Å². The molecule has 0 aromatic carbocycles. The molecule has 0 aliphatic rings. The van der Waals surface area contributed by atoms with Crippen molar-refractivity contribution in [2.75, 3.05) is 0 Å². The first-order chi connectivity index (χ1) is 9.30. The highest BCUT2D eigenvalue weighted by molar-refractivity contribution is 7.18. The molecular weight excluding hydrogens is 274 g/mol. The van der Waals surface area contributed by atoms with Gasteiger partial charge >= 0.3 is 0 Å². The third kappa shape index (κ3) is 3.25. The molecule has 1 amide bonds. The van der Waals surface area contributed by atoms with Crippen LogP contribution in [-0.2, 0) is 17.8 Å². The lowest BCUT2D eigenvalue weighted by atomic mass is 10.1. The number of carbonyl (C=O) groups excluding carboxylic acids is 1. The third-order valence-electron chi connectivity index (χ3n) is 2.75. The van der Waals surface area contributed by atoms with Gasteiger partial charge in [-0.2, -0.15) is 0 Å². The Morgan fingerprint density at radius 2 is 2.15 bits per heavy atom. The number of rotatable bonds is 3. The van der Waals surface area contributed by atoms with Gasteiger partial charge < -0.3 is 5.32 Å². The van der Waals surface area contributed by atoms with E-state index in [4.69, 9.17) is 0 Å². The Bertz CT molecular complexity index is 694. The minimum Gasteiger partial charge on any atom is -0.350 e. The zero-order valence-electron chi connectivity index (χ0n) is 12.2. The summed E-state index contributed by atoms with van der Waals surface area (Å²) in [5, 5.41) is 3.43. The van der Waals surface area contributed by atoms with Crippen LogP contribution in [0.3, 0.4) is 0 Å². The van der Waals surface area contributed by atoms with Crippen LogP contribution in [0.4, 0.5) is 0 Å². The molecule has 5 nitrogen and oxygen atoms in total. The van der Waals surface area contributed by atoms with E-state index < -0.39 is 0 Å². The smallest absolute Gasteiger partial charge is 0.262 e. The van der Waals surface area contributed by atoms with E-state index in [9.17, 15) is 9.59 Å². The lowest BCUT2D eigenvalue weighted by molar-refractivity contribution is -0.123. The Labute approximate surface area is 121 Å². The number of amides is 1. The Morgan fingerprint density at radius 1 is 1.45 bits per heavy atom. The molecule has 0 bridgehead atoms. The van der Waals surface area contributed by atoms with E-state index in [1.807, 2.05) is 33.8 Å². The van der Waals surface area contributed by atoms with Crippen molar-refractivity contribution in [2.24, 2.45) is 0 Å². The molecule has 0 aliphatic heterocycles. The van der Waals surface area contributed by atoms with E-state index in [-0.39, 0.29) is 23.6 Å². The van der Waals surface area contributed by atoms with E-state index in [1.165, 1.54) is 22.2 Å². The highest BCUT2D eigenvalue weighted by Gasteiger charge is 2.15. The Hall–Kier alpha value is -1.69. The third-order valence-corrected chi connectivity index (χ3v) is 3.93. The number of nitrogens with one attached hydrogen (secondary N) is 1. The van der Waals surface area contributed by atoms with Crippen molar-refractivity contribution in [3.8, 4) is 0 Å². The second kappa shape index (κ2) is 5.36. The lowest BCUT2D eigenvalue weighted by Gasteiger charge is -2.20. The summed E-state index contributed by atoms with van der Waals surface area (Å²) in [7, 11) is 0. The molecule has 0 atom stereocenters. The van der Waals surface area contributed by atoms with Gasteiger partial charge in [0.15, 0.2) is 0 Å². The summed E-state index contributed by atoms with van der Waals surface area (Å²) in [6.07, 6.45) is 2.33. The van der Waals surface area contributed by atoms with Crippen molar-refractivity contribution >= 4 is 27.5 Å². The Kier molecular flexibility index (Phi) is 3.94. The molecule has 0 saturated carbocycles. The van der Waals surface area contributed by atoms with Gasteiger partial charge in [-0.05, 0) is 33.3 Å². The first kappa shape index (κ1) is 14.7. The number of carbonyl (C=O) groups is 1. The zero-order chi connectivity index (χ0) is 14.9. The molecule has 0 radical (unpaired) electrons. The van der Waals surface area contributed by atoms with Gasteiger partial charge in [-0.15, -0.1) is 11.3 Å². The lowest BCUT2D eigenvalue weighted by Crippen LogP contribution is -2.43. The zero-order valence-corrected chi connectivity index (χ0v) is 13.0. The molecule has 0 saturated heterocycles. The van der Waals surface area contributed by atoms with E-state index in [2.05, 4.69) is 10.3 Å². The summed E-state index contributed by atoms with van der Waals surface area (Å²) in [6, 6.07) is 1.87. The Morgan fingerprint density at radius 3 is 2.75 bits per heavy atom. The van der Waals surface area contributed by atoms with Crippen LogP contribution in [-0.4, -0.2) is 21.0 Å². The Balaban J connectivity index is 2.29. The second-order valence-corrected chi connectivity index (χ2v) is 6.88. The van der Waals surface area contributed by atoms with Crippen molar-refractivity contribution in [1.29, 1.82) is 0 Å². The number of aromatic nitrogens is 2. The topological polar surface area (TPSA) is 64.0 Å². The molecule has 0 aliphatic carbocycles. The molecule has 0 unspecified atom stereocenters. The minimum absolute atomic E-state index is 0.00362. The fourth-order valence-corrected chi connectivity index (χ4v) is 2.83. The van der Waals surface area contributed by atoms with Crippen LogP contribution in [0.1, 0.15) is 32.6 Å². The molecule has 1 N–H and O–H groups in total. The average Bonchev–Trinajstić information content (AvgIpc) is 2.74. The van der Waals surface area contributed by atoms with Crippen LogP contribution in [0, 0.1) is 0 Å². The number of fused-ring (bicyclic) bond motifs is 1. The number of hydrogen-bond acceptors (Lipinski definition) is 4. The average molecular weight is 293 g/mol. The van der Waals surface area contributed by atoms with Crippen molar-refractivity contribution in [3.05, 3.63) is 27.6 Å². The summed E-state index contributed by atoms with van der Waals surface area (Å²) < 4.78 is 1.36. The van der Waals surface area contributed by atoms with Crippen molar-refractivity contribution in [2.45, 2.75) is 46.2 Å². The first-order valence-corrected chi connectivity index (χ1v) is 7.40. The van der Waals surface area contributed by atoms with Gasteiger partial charge in [0.05, 0.1) is 11.7 Å². The maximum atomic E-state index is 12.3. The van der Waals surface area contributed by atoms with E-state index in [1.54, 1.807) is 0 Å². The van der Waals surface area contributed by atoms with Gasteiger partial charge in [0.2, 0.25) is 5.91 Å². The van der Waals surface area contributed by atoms with Crippen LogP contribution in [0.25, 0.3) is 10.2 Å². The van der Waals surface area contributed by atoms with Crippen molar-refractivity contribution in [3.63, 3.8) is 0 Å². The van der Waals surface area contributed by atoms with Crippen LogP contribution in [0.5, 0.6) is 0 Å². The summed E-state index contributed by atoms with van der Waals surface area (Å²) in [5.41, 5.74) is -0.467. The standard InChI is InChI=1S/C14H19N3O2S/c1-5-9-6-10-12(20-9)15-8-17(13(10)19)7-11(18)16-14(2,3)4/h6,8H,5,7H2,1-4H3,(H,16,18). The molecule has 2 rings (SSSR count). The molecule has 20 heavy (non-hydrogen) atoms. The van der Waals surface area contributed by atoms with Gasteiger partial charge in [0.1, 0.15) is 11.4 Å². The van der Waals surface area contributed by atoms with Crippen LogP contribution < -0.4 is 10.9 Å². The van der Waals surface area contributed by atoms with Gasteiger partial charge in [0, 0.05) is 10.4 Å². The number of nitrogens with zero attached hydrogens (tertiary/aromatic N) is 2. The van der Waals surface area contributed by atoms with E-state index in [0.29, 0.717) is 5.39 Å². The van der Waals surface area contributed by atoms with Crippen molar-refractivity contribution in [1.82, 2.24) is 14.9 Å². The van der Waals surface area contributed by atoms with E-state index in [0.717, 1.165) is 16.1 Å². The predicted molar refractivity (Wildman–Crippen MR) is 81.2 cm³/mol. The number of hydrogen-bond donors (Lipinski definition) is 1. The molecule has 2 aromatic heterocycles. The summed E-state index contributed by atoms with van der Waals surface area (Å²) in [6.45, 7) is 7.75. The summed E-state index contributed by atoms with van der Waals surface area (Å²) in [4.78, 5) is 30.3. The number of aryl methyl sites for hydroxylation is 1. The molecule has 108 valence electrons. The largest absolute Gasteiger partial charge is 0.350 e. The fraction of sp³-hybridized carbons (Fsp3) is 0.500. The van der Waals surface area contributed by atoms with Crippen LogP contribution in [0.2, 0.25) is 0 Å². The monoisotopic (exact) mass is 293 g/mol. The molecule has 0 fully saturated rings. The maximum absolute atomic E-state index is 12.3. The van der Waals surface area contributed by atoms with Crippen molar-refractivity contribution < 1.29 is 4.79 Å². The highest BCUT2D eigenvalue weighted by Crippen LogP contribution is 2.20. The SMILES string of the molecule is CCc1cc2c(=O)n(CC(=O)NC(C)(C)C)cnc2s1. The van der Waals surface area contributed by atoms with Crippen LogP contribution >= 0.6 is 11.3 Å². The normalized spacial score (nSPS) is 11.8. The molecular formula is C14H19N3O2S. The summed E-state index contributed by atoms with van der Waals surface area (Å²) in [5.74, 6) is -0.188. The quantitative estimate of drug-likeness (QED) is 0.940. The molecule has 2 aromatic rings. The fourth-order valence-electron chi connectivity index (χ4n) is 1.91. The van der Waals surface area contributed by atoms with Gasteiger partial charge in [-0.1, -0.05) is 6.92 Å². The summed E-state index contributed by atoms with van der Waals surface area (Å²) >= 11 is 1.52. The molecule has 2 heterocycles. The predicted octanol–water partition coefficient (Wildman–Crippen LogP) is 1.94. The molecule has 6 heteroatoms. The minimum atomic E-state index is -0.310. The van der Waals surface area contributed by atoms with Gasteiger partial charge in [-0.25, -0.2) is 4.98 Å². The van der Waals surface area contributed by atoms with Gasteiger partial charge in [-0.3, -0.25) is 14.2 Å².